The van der Waals surface area contributed by atoms with E-state index in [9.17, 15) is 4.21 Å². The molecule has 0 radical (unpaired) electrons. The van der Waals surface area contributed by atoms with Gasteiger partial charge in [-0.25, -0.2) is 0 Å². The van der Waals surface area contributed by atoms with Crippen molar-refractivity contribution in [2.24, 2.45) is 0 Å². The third-order valence-electron chi connectivity index (χ3n) is 3.54. The van der Waals surface area contributed by atoms with Crippen LogP contribution in [0.15, 0.2) is 59.8 Å². The Morgan fingerprint density at radius 1 is 0.920 bits per heavy atom. The number of benzene rings is 1. The van der Waals surface area contributed by atoms with Crippen molar-refractivity contribution < 1.29 is 4.21 Å². The highest BCUT2D eigenvalue weighted by molar-refractivity contribution is 7.84. The Bertz CT molecular complexity index is 862. The van der Waals surface area contributed by atoms with E-state index in [2.05, 4.69) is 9.97 Å². The molecule has 0 aliphatic rings. The van der Waals surface area contributed by atoms with Crippen LogP contribution in [-0.2, 0) is 10.8 Å². The van der Waals surface area contributed by atoms with Crippen LogP contribution in [0.2, 0.25) is 5.02 Å². The van der Waals surface area contributed by atoms with Gasteiger partial charge in [-0.3, -0.25) is 14.2 Å². The number of hydrogen-bond donors (Lipinski definition) is 0. The minimum atomic E-state index is -0.994. The summed E-state index contributed by atoms with van der Waals surface area (Å²) >= 11 is 6.13. The molecule has 2 heterocycles. The fourth-order valence-electron chi connectivity index (χ4n) is 2.32. The first-order valence-corrected chi connectivity index (χ1v) is 10.0. The zero-order chi connectivity index (χ0) is 18.4. The lowest BCUT2D eigenvalue weighted by molar-refractivity contribution is 0.687. The molecule has 25 heavy (non-hydrogen) atoms. The predicted molar refractivity (Wildman–Crippen MR) is 106 cm³/mol. The minimum Gasteiger partial charge on any atom is -0.261 e. The number of aromatic nitrogens is 2. The Morgan fingerprint density at radius 2 is 1.56 bits per heavy atom. The van der Waals surface area contributed by atoms with Gasteiger partial charge in [0.15, 0.2) is 0 Å². The van der Waals surface area contributed by atoms with Crippen molar-refractivity contribution >= 4 is 22.4 Å². The summed E-state index contributed by atoms with van der Waals surface area (Å²) in [6.45, 7) is 5.95. The van der Waals surface area contributed by atoms with Crippen LogP contribution in [0.25, 0.3) is 22.4 Å². The van der Waals surface area contributed by atoms with E-state index in [0.717, 1.165) is 33.0 Å². The van der Waals surface area contributed by atoms with Gasteiger partial charge in [-0.05, 0) is 42.8 Å². The van der Waals surface area contributed by atoms with Crippen LogP contribution < -0.4 is 0 Å². The summed E-state index contributed by atoms with van der Waals surface area (Å²) < 4.78 is 11.5. The van der Waals surface area contributed by atoms with E-state index in [-0.39, 0.29) is 0 Å². The van der Waals surface area contributed by atoms with E-state index in [1.54, 1.807) is 12.5 Å². The highest BCUT2D eigenvalue weighted by atomic mass is 35.5. The number of aryl methyl sites for hydroxylation is 1. The maximum Gasteiger partial charge on any atom is 0.0796 e. The first-order valence-electron chi connectivity index (χ1n) is 8.07. The molecule has 3 nitrogen and oxygen atoms in total. The third kappa shape index (κ3) is 4.74. The number of halogens is 1. The number of hydrogen-bond acceptors (Lipinski definition) is 3. The number of rotatable bonds is 3. The van der Waals surface area contributed by atoms with E-state index in [1.807, 2.05) is 69.4 Å². The molecule has 2 aromatic heterocycles. The van der Waals surface area contributed by atoms with E-state index < -0.39 is 10.8 Å². The fourth-order valence-corrected chi connectivity index (χ4v) is 3.00. The summed E-state index contributed by atoms with van der Waals surface area (Å²) in [6.07, 6.45) is 5.11. The lowest BCUT2D eigenvalue weighted by Crippen LogP contribution is -1.92. The summed E-state index contributed by atoms with van der Waals surface area (Å²) in [4.78, 5) is 9.61. The van der Waals surface area contributed by atoms with Crippen LogP contribution in [0, 0.1) is 6.92 Å². The molecule has 1 aromatic carbocycles. The van der Waals surface area contributed by atoms with Crippen molar-refractivity contribution in [1.82, 2.24) is 9.97 Å². The second-order valence-corrected chi connectivity index (χ2v) is 7.03. The van der Waals surface area contributed by atoms with Gasteiger partial charge in [0.2, 0.25) is 0 Å². The molecule has 1 unspecified atom stereocenters. The molecule has 0 amide bonds. The van der Waals surface area contributed by atoms with Crippen LogP contribution in [0.4, 0.5) is 0 Å². The van der Waals surface area contributed by atoms with Crippen molar-refractivity contribution in [3.8, 4) is 22.4 Å². The summed E-state index contributed by atoms with van der Waals surface area (Å²) in [5, 5.41) is 0.576. The van der Waals surface area contributed by atoms with Crippen LogP contribution in [-0.4, -0.2) is 20.4 Å². The van der Waals surface area contributed by atoms with Crippen molar-refractivity contribution in [3.05, 3.63) is 65.6 Å². The lowest BCUT2D eigenvalue weighted by atomic mass is 10.0. The van der Waals surface area contributed by atoms with Gasteiger partial charge in [0.1, 0.15) is 0 Å². The Morgan fingerprint density at radius 3 is 2.12 bits per heavy atom. The predicted octanol–water partition coefficient (Wildman–Crippen LogP) is 5.54. The molecule has 0 spiro atoms. The van der Waals surface area contributed by atoms with E-state index >= 15 is 0 Å². The lowest BCUT2D eigenvalue weighted by Gasteiger charge is -2.10. The molecule has 0 aliphatic heterocycles. The zero-order valence-corrected chi connectivity index (χ0v) is 16.4. The molecule has 0 N–H and O–H groups in total. The maximum absolute atomic E-state index is 11.5. The van der Waals surface area contributed by atoms with Gasteiger partial charge in [-0.1, -0.05) is 37.6 Å². The second-order valence-electron chi connectivity index (χ2n) is 5.22. The average Bonchev–Trinajstić information content (AvgIpc) is 2.64. The van der Waals surface area contributed by atoms with Crippen molar-refractivity contribution in [2.75, 3.05) is 6.26 Å². The molecule has 0 bridgehead atoms. The van der Waals surface area contributed by atoms with E-state index in [4.69, 9.17) is 11.6 Å². The second kappa shape index (κ2) is 8.88. The smallest absolute Gasteiger partial charge is 0.0796 e. The monoisotopic (exact) mass is 372 g/mol. The summed E-state index contributed by atoms with van der Waals surface area (Å²) in [7, 11) is -0.994. The highest BCUT2D eigenvalue weighted by Gasteiger charge is 2.11. The van der Waals surface area contributed by atoms with Crippen molar-refractivity contribution in [2.45, 2.75) is 25.7 Å². The van der Waals surface area contributed by atoms with E-state index in [0.29, 0.717) is 5.02 Å². The summed E-state index contributed by atoms with van der Waals surface area (Å²) in [5.74, 6) is 0. The van der Waals surface area contributed by atoms with Gasteiger partial charge < -0.3 is 0 Å². The average molecular weight is 373 g/mol. The van der Waals surface area contributed by atoms with Crippen LogP contribution in [0.3, 0.4) is 0 Å². The molecule has 1 atom stereocenters. The summed E-state index contributed by atoms with van der Waals surface area (Å²) in [5.41, 5.74) is 4.62. The largest absolute Gasteiger partial charge is 0.261 e. The first kappa shape index (κ1) is 19.3. The van der Waals surface area contributed by atoms with Gasteiger partial charge in [-0.15, -0.1) is 0 Å². The minimum absolute atomic E-state index is 0.576. The highest BCUT2D eigenvalue weighted by Crippen LogP contribution is 2.32. The van der Waals surface area contributed by atoms with Gasteiger partial charge in [-0.2, -0.15) is 0 Å². The number of pyridine rings is 2. The first-order chi connectivity index (χ1) is 12.0. The van der Waals surface area contributed by atoms with Gasteiger partial charge in [0, 0.05) is 51.2 Å². The molecule has 5 heteroatoms. The molecule has 0 aliphatic carbocycles. The fraction of sp³-hybridized carbons (Fsp3) is 0.200. The van der Waals surface area contributed by atoms with Crippen molar-refractivity contribution in [3.63, 3.8) is 0 Å². The molecular formula is C20H21ClN2OS. The van der Waals surface area contributed by atoms with Gasteiger partial charge in [0.05, 0.1) is 10.7 Å². The standard InChI is InChI=1S/C18H15ClN2OS.C2H6/c1-12-3-4-14(10-20-12)18-17(9-15(19)11-21-18)13-5-7-16(8-6-13)23(2)22;1-2/h3-11H,1-2H3;1-2H3. The van der Waals surface area contributed by atoms with Crippen LogP contribution in [0.1, 0.15) is 19.5 Å². The van der Waals surface area contributed by atoms with Crippen molar-refractivity contribution in [1.29, 1.82) is 0 Å². The third-order valence-corrected chi connectivity index (χ3v) is 4.68. The maximum atomic E-state index is 11.5. The molecule has 130 valence electrons. The normalized spacial score (nSPS) is 11.4. The number of nitrogens with zero attached hydrogens (tertiary/aromatic N) is 2. The molecule has 0 saturated carbocycles. The molecule has 0 fully saturated rings. The quantitative estimate of drug-likeness (QED) is 0.606. The molecular weight excluding hydrogens is 352 g/mol. The molecule has 3 aromatic rings. The van der Waals surface area contributed by atoms with E-state index in [1.165, 1.54) is 0 Å². The van der Waals surface area contributed by atoms with Crippen LogP contribution >= 0.6 is 11.6 Å². The Balaban J connectivity index is 0.00000109. The van der Waals surface area contributed by atoms with Gasteiger partial charge >= 0.3 is 0 Å². The zero-order valence-electron chi connectivity index (χ0n) is 14.8. The summed E-state index contributed by atoms with van der Waals surface area (Å²) in [6, 6.07) is 13.5. The molecule has 0 saturated heterocycles. The van der Waals surface area contributed by atoms with Gasteiger partial charge in [0.25, 0.3) is 0 Å². The molecule has 3 rings (SSSR count). The Kier molecular flexibility index (Phi) is 6.85. The SMILES string of the molecule is CC.Cc1ccc(-c2ncc(Cl)cc2-c2ccc(S(C)=O)cc2)cn1. The Labute approximate surface area is 156 Å². The van der Waals surface area contributed by atoms with Crippen LogP contribution in [0.5, 0.6) is 0 Å². The topological polar surface area (TPSA) is 42.9 Å². The Hall–Kier alpha value is -2.04.